The Morgan fingerprint density at radius 3 is 2.80 bits per heavy atom. The molecule has 0 spiro atoms. The average Bonchev–Trinajstić information content (AvgIpc) is 3.32. The fraction of sp³-hybridized carbons (Fsp3) is 0.484. The Morgan fingerprint density at radius 1 is 1.20 bits per heavy atom. The normalized spacial score (nSPS) is 24.8. The number of morpholine rings is 1. The molecule has 4 N–H and O–H groups in total. The Balaban J connectivity index is 1.54. The standard InChI is InChI=1S/C31H38ClN3O5/c1-39-13-5-4-11-31(38,28-19-35(12-14-40-28)30(37)21-15-26(33)27(36)16-21)24-9-6-10-25(32)29(24)23-18-34-17-20-7-2-3-8-22(20)23/h2-3,6-10,17-18,21,26-28,36,38H,4-5,11-16,19,33H2,1H3/t21-,26+,27-,28+,31+/m0/s1. The van der Waals surface area contributed by atoms with Crippen LogP contribution < -0.4 is 5.73 Å². The van der Waals surface area contributed by atoms with Crippen LogP contribution in [0.25, 0.3) is 21.9 Å². The lowest BCUT2D eigenvalue weighted by Crippen LogP contribution is -2.55. The van der Waals surface area contributed by atoms with Crippen LogP contribution in [0.5, 0.6) is 0 Å². The van der Waals surface area contributed by atoms with E-state index in [1.54, 1.807) is 18.2 Å². The Hall–Kier alpha value is -2.59. The molecule has 1 aliphatic heterocycles. The molecule has 9 heteroatoms. The number of nitrogens with zero attached hydrogens (tertiary/aromatic N) is 2. The second kappa shape index (κ2) is 12.5. The molecule has 2 aromatic carbocycles. The summed E-state index contributed by atoms with van der Waals surface area (Å²) in [4.78, 5) is 19.7. The highest BCUT2D eigenvalue weighted by molar-refractivity contribution is 6.34. The van der Waals surface area contributed by atoms with Crippen LogP contribution in [0.4, 0.5) is 0 Å². The van der Waals surface area contributed by atoms with Gasteiger partial charge < -0.3 is 30.3 Å². The van der Waals surface area contributed by atoms with Gasteiger partial charge in [0.05, 0.1) is 19.3 Å². The van der Waals surface area contributed by atoms with Crippen LogP contribution in [0.2, 0.25) is 5.02 Å². The summed E-state index contributed by atoms with van der Waals surface area (Å²) in [5.74, 6) is -0.381. The molecular formula is C31H38ClN3O5. The maximum absolute atomic E-state index is 13.5. The SMILES string of the molecule is COCCCC[C@@](O)(c1cccc(Cl)c1-c1cncc2ccccc12)[C@H]1CN(C(=O)[C@H]2C[C@@H](N)[C@@H](O)C2)CCO1. The highest BCUT2D eigenvalue weighted by Gasteiger charge is 2.46. The van der Waals surface area contributed by atoms with Crippen molar-refractivity contribution in [2.24, 2.45) is 11.7 Å². The molecule has 5 rings (SSSR count). The lowest BCUT2D eigenvalue weighted by molar-refractivity contribution is -0.167. The number of amides is 1. The Kier molecular flexibility index (Phi) is 9.05. The molecule has 3 aromatic rings. The number of ether oxygens (including phenoxy) is 2. The largest absolute Gasteiger partial charge is 0.391 e. The molecule has 8 nitrogen and oxygen atoms in total. The molecule has 214 valence electrons. The van der Waals surface area contributed by atoms with Crippen LogP contribution in [0.1, 0.15) is 37.7 Å². The van der Waals surface area contributed by atoms with Crippen LogP contribution in [0.3, 0.4) is 0 Å². The number of rotatable bonds is 9. The van der Waals surface area contributed by atoms with E-state index in [-0.39, 0.29) is 18.4 Å². The molecule has 0 bridgehead atoms. The smallest absolute Gasteiger partial charge is 0.226 e. The molecule has 2 heterocycles. The van der Waals surface area contributed by atoms with Crippen molar-refractivity contribution in [1.29, 1.82) is 0 Å². The third-order valence-corrected chi connectivity index (χ3v) is 8.73. The maximum atomic E-state index is 13.5. The Bertz CT molecular complexity index is 1320. The summed E-state index contributed by atoms with van der Waals surface area (Å²) in [5, 5.41) is 25.2. The predicted molar refractivity (Wildman–Crippen MR) is 155 cm³/mol. The summed E-state index contributed by atoms with van der Waals surface area (Å²) in [7, 11) is 1.66. The van der Waals surface area contributed by atoms with Crippen LogP contribution >= 0.6 is 11.6 Å². The zero-order chi connectivity index (χ0) is 28.3. The number of aliphatic hydroxyl groups is 2. The number of aromatic nitrogens is 1. The molecule has 1 aliphatic carbocycles. The van der Waals surface area contributed by atoms with Gasteiger partial charge in [-0.25, -0.2) is 0 Å². The molecule has 0 unspecified atom stereocenters. The van der Waals surface area contributed by atoms with E-state index in [2.05, 4.69) is 4.98 Å². The second-order valence-corrected chi connectivity index (χ2v) is 11.4. The molecule has 40 heavy (non-hydrogen) atoms. The van der Waals surface area contributed by atoms with Crippen LogP contribution in [0, 0.1) is 5.92 Å². The number of halogens is 1. The zero-order valence-corrected chi connectivity index (χ0v) is 23.6. The first kappa shape index (κ1) is 28.9. The monoisotopic (exact) mass is 567 g/mol. The molecular weight excluding hydrogens is 530 g/mol. The molecule has 1 saturated carbocycles. The zero-order valence-electron chi connectivity index (χ0n) is 22.8. The van der Waals surface area contributed by atoms with Crippen LogP contribution in [-0.4, -0.2) is 77.7 Å². The summed E-state index contributed by atoms with van der Waals surface area (Å²) in [6.45, 7) is 1.52. The number of fused-ring (bicyclic) bond motifs is 1. The third kappa shape index (κ3) is 5.75. The summed E-state index contributed by atoms with van der Waals surface area (Å²) in [5.41, 5.74) is 6.73. The fourth-order valence-corrected chi connectivity index (χ4v) is 6.51. The number of pyridine rings is 1. The van der Waals surface area contributed by atoms with E-state index >= 15 is 0 Å². The van der Waals surface area contributed by atoms with Gasteiger partial charge in [0.1, 0.15) is 11.7 Å². The van der Waals surface area contributed by atoms with Gasteiger partial charge in [-0.1, -0.05) is 48.0 Å². The van der Waals surface area contributed by atoms with Gasteiger partial charge in [0.25, 0.3) is 0 Å². The number of hydrogen-bond donors (Lipinski definition) is 3. The van der Waals surface area contributed by atoms with Gasteiger partial charge in [0, 0.05) is 66.2 Å². The highest BCUT2D eigenvalue weighted by atomic mass is 35.5. The van der Waals surface area contributed by atoms with Crippen molar-refractivity contribution in [3.8, 4) is 11.1 Å². The number of carbonyl (C=O) groups excluding carboxylic acids is 1. The van der Waals surface area contributed by atoms with Crippen molar-refractivity contribution >= 4 is 28.3 Å². The van der Waals surface area contributed by atoms with Crippen molar-refractivity contribution in [2.75, 3.05) is 33.4 Å². The maximum Gasteiger partial charge on any atom is 0.226 e. The minimum Gasteiger partial charge on any atom is -0.391 e. The van der Waals surface area contributed by atoms with Gasteiger partial charge in [0.15, 0.2) is 0 Å². The quantitative estimate of drug-likeness (QED) is 0.336. The number of aliphatic hydroxyl groups excluding tert-OH is 1. The minimum absolute atomic E-state index is 0.0494. The average molecular weight is 568 g/mol. The topological polar surface area (TPSA) is 118 Å². The first-order chi connectivity index (χ1) is 19.3. The number of nitrogens with two attached hydrogens (primary N) is 1. The predicted octanol–water partition coefficient (Wildman–Crippen LogP) is 3.89. The van der Waals surface area contributed by atoms with Gasteiger partial charge in [-0.05, 0) is 49.1 Å². The second-order valence-electron chi connectivity index (χ2n) is 11.0. The first-order valence-corrected chi connectivity index (χ1v) is 14.4. The number of hydrogen-bond acceptors (Lipinski definition) is 7. The van der Waals surface area contributed by atoms with E-state index in [0.717, 1.165) is 22.8 Å². The number of unbranched alkanes of at least 4 members (excludes halogenated alkanes) is 1. The van der Waals surface area contributed by atoms with Crippen LogP contribution in [0.15, 0.2) is 54.9 Å². The van der Waals surface area contributed by atoms with E-state index in [9.17, 15) is 15.0 Å². The summed E-state index contributed by atoms with van der Waals surface area (Å²) in [6, 6.07) is 13.1. The van der Waals surface area contributed by atoms with Crippen molar-refractivity contribution < 1.29 is 24.5 Å². The van der Waals surface area contributed by atoms with Crippen molar-refractivity contribution in [1.82, 2.24) is 9.88 Å². The van der Waals surface area contributed by atoms with Gasteiger partial charge in [0.2, 0.25) is 5.91 Å². The summed E-state index contributed by atoms with van der Waals surface area (Å²) < 4.78 is 11.5. The lowest BCUT2D eigenvalue weighted by atomic mass is 9.78. The summed E-state index contributed by atoms with van der Waals surface area (Å²) in [6.07, 6.45) is 4.88. The minimum atomic E-state index is -1.45. The Labute approximate surface area is 240 Å². The van der Waals surface area contributed by atoms with E-state index < -0.39 is 23.9 Å². The number of methoxy groups -OCH3 is 1. The van der Waals surface area contributed by atoms with Gasteiger partial charge in [-0.2, -0.15) is 0 Å². The Morgan fingerprint density at radius 2 is 2.02 bits per heavy atom. The summed E-state index contributed by atoms with van der Waals surface area (Å²) >= 11 is 6.89. The molecule has 5 atom stereocenters. The molecule has 1 saturated heterocycles. The molecule has 2 fully saturated rings. The molecule has 2 aliphatic rings. The van der Waals surface area contributed by atoms with Gasteiger partial charge in [-0.15, -0.1) is 0 Å². The van der Waals surface area contributed by atoms with E-state index in [4.69, 9.17) is 26.8 Å². The highest BCUT2D eigenvalue weighted by Crippen LogP contribution is 2.44. The molecule has 1 amide bonds. The number of benzene rings is 2. The third-order valence-electron chi connectivity index (χ3n) is 8.41. The fourth-order valence-electron chi connectivity index (χ4n) is 6.23. The van der Waals surface area contributed by atoms with Crippen molar-refractivity contribution in [2.45, 2.75) is 56.0 Å². The van der Waals surface area contributed by atoms with Gasteiger partial charge >= 0.3 is 0 Å². The lowest BCUT2D eigenvalue weighted by Gasteiger charge is -2.44. The number of carbonyl (C=O) groups is 1. The van der Waals surface area contributed by atoms with E-state index in [0.29, 0.717) is 61.6 Å². The van der Waals surface area contributed by atoms with Crippen LogP contribution in [-0.2, 0) is 19.9 Å². The van der Waals surface area contributed by atoms with E-state index in [1.165, 1.54) is 0 Å². The van der Waals surface area contributed by atoms with Crippen molar-refractivity contribution in [3.05, 3.63) is 65.4 Å². The van der Waals surface area contributed by atoms with Crippen molar-refractivity contribution in [3.63, 3.8) is 0 Å². The molecule has 0 radical (unpaired) electrons. The molecule has 1 aromatic heterocycles. The van der Waals surface area contributed by atoms with Gasteiger partial charge in [-0.3, -0.25) is 9.78 Å². The first-order valence-electron chi connectivity index (χ1n) is 14.0. The van der Waals surface area contributed by atoms with E-state index in [1.807, 2.05) is 48.7 Å².